The molecule has 0 radical (unpaired) electrons. The van der Waals surface area contributed by atoms with Crippen molar-refractivity contribution in [2.75, 3.05) is 26.2 Å². The molecular weight excluding hydrogens is 320 g/mol. The number of ether oxygens (including phenoxy) is 1. The first kappa shape index (κ1) is 16.6. The van der Waals surface area contributed by atoms with E-state index in [4.69, 9.17) is 4.74 Å². The van der Waals surface area contributed by atoms with Crippen molar-refractivity contribution < 1.29 is 9.53 Å². The molecule has 0 aromatic carbocycles. The van der Waals surface area contributed by atoms with Gasteiger partial charge in [-0.1, -0.05) is 6.92 Å². The van der Waals surface area contributed by atoms with Crippen molar-refractivity contribution in [2.45, 2.75) is 63.6 Å². The number of likely N-dealkylation sites (tertiary alicyclic amines) is 2. The number of amides is 1. The van der Waals surface area contributed by atoms with Gasteiger partial charge in [-0.05, 0) is 62.2 Å². The van der Waals surface area contributed by atoms with Gasteiger partial charge in [-0.2, -0.15) is 0 Å². The monoisotopic (exact) mass is 348 g/mol. The number of hydrogen-bond donors (Lipinski definition) is 0. The fourth-order valence-electron chi connectivity index (χ4n) is 4.83. The molecule has 1 aromatic heterocycles. The van der Waals surface area contributed by atoms with Crippen LogP contribution in [0.3, 0.4) is 0 Å². The smallest absolute Gasteiger partial charge is 0.225 e. The highest BCUT2D eigenvalue weighted by atomic mass is 32.1. The van der Waals surface area contributed by atoms with Crippen LogP contribution >= 0.6 is 11.3 Å². The molecule has 0 saturated carbocycles. The molecule has 1 amide bonds. The van der Waals surface area contributed by atoms with Crippen molar-refractivity contribution in [3.05, 3.63) is 21.9 Å². The number of fused-ring (bicyclic) bond motifs is 1. The Morgan fingerprint density at radius 3 is 3.00 bits per heavy atom. The summed E-state index contributed by atoms with van der Waals surface area (Å²) in [5, 5.41) is 2.13. The predicted octanol–water partition coefficient (Wildman–Crippen LogP) is 3.23. The Kier molecular flexibility index (Phi) is 4.93. The molecule has 1 aromatic rings. The molecule has 24 heavy (non-hydrogen) atoms. The molecule has 2 fully saturated rings. The molecule has 5 heteroatoms. The number of rotatable bonds is 4. The third kappa shape index (κ3) is 3.02. The van der Waals surface area contributed by atoms with Crippen molar-refractivity contribution in [3.63, 3.8) is 0 Å². The Bertz CT molecular complexity index is 588. The highest BCUT2D eigenvalue weighted by molar-refractivity contribution is 7.10. The molecule has 0 N–H and O–H groups in total. The number of carbonyl (C=O) groups excluding carboxylic acids is 1. The van der Waals surface area contributed by atoms with Gasteiger partial charge in [0.15, 0.2) is 0 Å². The Morgan fingerprint density at radius 1 is 1.29 bits per heavy atom. The molecule has 4 nitrogen and oxygen atoms in total. The number of carbonyl (C=O) groups is 1. The van der Waals surface area contributed by atoms with Gasteiger partial charge >= 0.3 is 0 Å². The zero-order valence-corrected chi connectivity index (χ0v) is 15.4. The quantitative estimate of drug-likeness (QED) is 0.837. The van der Waals surface area contributed by atoms with Crippen molar-refractivity contribution in [3.8, 4) is 0 Å². The molecule has 3 aliphatic rings. The van der Waals surface area contributed by atoms with Crippen LogP contribution in [0.15, 0.2) is 11.4 Å². The number of nitrogens with zero attached hydrogens (tertiary/aromatic N) is 2. The summed E-state index contributed by atoms with van der Waals surface area (Å²) >= 11 is 1.74. The van der Waals surface area contributed by atoms with Crippen LogP contribution in [0.25, 0.3) is 0 Å². The van der Waals surface area contributed by atoms with E-state index in [2.05, 4.69) is 28.2 Å². The zero-order chi connectivity index (χ0) is 16.5. The van der Waals surface area contributed by atoms with Crippen molar-refractivity contribution in [1.29, 1.82) is 0 Å². The van der Waals surface area contributed by atoms with Gasteiger partial charge < -0.3 is 9.64 Å². The SMILES string of the molecule is CCN1CCC[C@@H]1[C@@H]1CCCN1C(=O)C[C@@H]1OCCc2ccsc21. The van der Waals surface area contributed by atoms with Crippen molar-refractivity contribution in [1.82, 2.24) is 9.80 Å². The molecule has 4 heterocycles. The van der Waals surface area contributed by atoms with E-state index in [9.17, 15) is 4.79 Å². The van der Waals surface area contributed by atoms with Gasteiger partial charge in [0.1, 0.15) is 6.10 Å². The van der Waals surface area contributed by atoms with Crippen LogP contribution < -0.4 is 0 Å². The van der Waals surface area contributed by atoms with Gasteiger partial charge in [0.05, 0.1) is 13.0 Å². The summed E-state index contributed by atoms with van der Waals surface area (Å²) in [6.45, 7) is 6.23. The molecular formula is C19H28N2O2S. The first-order chi connectivity index (χ1) is 11.8. The van der Waals surface area contributed by atoms with E-state index in [1.165, 1.54) is 36.2 Å². The lowest BCUT2D eigenvalue weighted by molar-refractivity contribution is -0.136. The molecule has 132 valence electrons. The van der Waals surface area contributed by atoms with E-state index in [1.54, 1.807) is 11.3 Å². The summed E-state index contributed by atoms with van der Waals surface area (Å²) in [6, 6.07) is 3.19. The Labute approximate surface area is 148 Å². The standard InChI is InChI=1S/C19H28N2O2S/c1-2-20-9-3-5-15(20)16-6-4-10-21(16)18(22)13-17-19-14(7-11-23-17)8-12-24-19/h8,12,15-17H,2-7,9-11,13H2,1H3/t15-,16+,17+/m1/s1. The summed E-state index contributed by atoms with van der Waals surface area (Å²) in [6.07, 6.45) is 6.33. The van der Waals surface area contributed by atoms with Gasteiger partial charge in [0.25, 0.3) is 0 Å². The summed E-state index contributed by atoms with van der Waals surface area (Å²) in [5.41, 5.74) is 1.38. The van der Waals surface area contributed by atoms with E-state index >= 15 is 0 Å². The summed E-state index contributed by atoms with van der Waals surface area (Å²) < 4.78 is 5.95. The summed E-state index contributed by atoms with van der Waals surface area (Å²) in [7, 11) is 0. The maximum absolute atomic E-state index is 13.0. The average Bonchev–Trinajstić information content (AvgIpc) is 3.33. The number of thiophene rings is 1. The fourth-order valence-corrected chi connectivity index (χ4v) is 5.84. The zero-order valence-electron chi connectivity index (χ0n) is 14.6. The molecule has 0 aliphatic carbocycles. The third-order valence-electron chi connectivity index (χ3n) is 6.01. The topological polar surface area (TPSA) is 32.8 Å². The van der Waals surface area contributed by atoms with Crippen LogP contribution in [-0.4, -0.2) is 54.0 Å². The van der Waals surface area contributed by atoms with Crippen LogP contribution in [0.4, 0.5) is 0 Å². The second-order valence-corrected chi connectivity index (χ2v) is 8.21. The van der Waals surface area contributed by atoms with Crippen LogP contribution in [0, 0.1) is 0 Å². The minimum atomic E-state index is -0.0200. The molecule has 3 atom stereocenters. The second kappa shape index (κ2) is 7.14. The Balaban J connectivity index is 1.44. The number of likely N-dealkylation sites (N-methyl/N-ethyl adjacent to an activating group) is 1. The molecule has 3 aliphatic heterocycles. The van der Waals surface area contributed by atoms with E-state index < -0.39 is 0 Å². The predicted molar refractivity (Wildman–Crippen MR) is 96.3 cm³/mol. The van der Waals surface area contributed by atoms with Crippen LogP contribution in [0.2, 0.25) is 0 Å². The Morgan fingerprint density at radius 2 is 2.12 bits per heavy atom. The normalized spacial score (nSPS) is 30.7. The summed E-state index contributed by atoms with van der Waals surface area (Å²) in [5.74, 6) is 0.298. The second-order valence-electron chi connectivity index (χ2n) is 7.26. The van der Waals surface area contributed by atoms with Gasteiger partial charge in [-0.15, -0.1) is 11.3 Å². The van der Waals surface area contributed by atoms with Crippen molar-refractivity contribution in [2.24, 2.45) is 0 Å². The molecule has 0 unspecified atom stereocenters. The van der Waals surface area contributed by atoms with Gasteiger partial charge in [0.2, 0.25) is 5.91 Å². The first-order valence-electron chi connectivity index (χ1n) is 9.49. The molecule has 2 saturated heterocycles. The van der Waals surface area contributed by atoms with E-state index in [-0.39, 0.29) is 6.10 Å². The largest absolute Gasteiger partial charge is 0.372 e. The highest BCUT2D eigenvalue weighted by Gasteiger charge is 2.40. The van der Waals surface area contributed by atoms with Gasteiger partial charge in [0, 0.05) is 23.5 Å². The fraction of sp³-hybridized carbons (Fsp3) is 0.737. The maximum atomic E-state index is 13.0. The molecule has 0 bridgehead atoms. The summed E-state index contributed by atoms with van der Waals surface area (Å²) in [4.78, 5) is 19.1. The van der Waals surface area contributed by atoms with Gasteiger partial charge in [-0.3, -0.25) is 9.69 Å². The lowest BCUT2D eigenvalue weighted by atomic mass is 10.0. The highest BCUT2D eigenvalue weighted by Crippen LogP contribution is 2.36. The van der Waals surface area contributed by atoms with Crippen LogP contribution in [0.1, 0.15) is 55.6 Å². The lowest BCUT2D eigenvalue weighted by Crippen LogP contribution is -2.48. The third-order valence-corrected chi connectivity index (χ3v) is 7.06. The van der Waals surface area contributed by atoms with E-state index in [0.717, 1.165) is 32.5 Å². The minimum absolute atomic E-state index is 0.0200. The van der Waals surface area contributed by atoms with E-state index in [0.29, 0.717) is 24.4 Å². The first-order valence-corrected chi connectivity index (χ1v) is 10.4. The van der Waals surface area contributed by atoms with Crippen molar-refractivity contribution >= 4 is 17.2 Å². The van der Waals surface area contributed by atoms with Crippen LogP contribution in [-0.2, 0) is 16.0 Å². The number of hydrogen-bond acceptors (Lipinski definition) is 4. The molecule has 4 rings (SSSR count). The molecule has 0 spiro atoms. The maximum Gasteiger partial charge on any atom is 0.225 e. The average molecular weight is 349 g/mol. The minimum Gasteiger partial charge on any atom is -0.372 e. The Hall–Kier alpha value is -0.910. The van der Waals surface area contributed by atoms with E-state index in [1.807, 2.05) is 0 Å². The lowest BCUT2D eigenvalue weighted by Gasteiger charge is -2.35. The van der Waals surface area contributed by atoms with Crippen LogP contribution in [0.5, 0.6) is 0 Å². The van der Waals surface area contributed by atoms with Gasteiger partial charge in [-0.25, -0.2) is 0 Å².